The van der Waals surface area contributed by atoms with E-state index in [4.69, 9.17) is 10.2 Å². The maximum Gasteiger partial charge on any atom is 0.168 e. The maximum absolute atomic E-state index is 4.87. The number of anilines is 3. The molecule has 5 aromatic carbocycles. The molecule has 7 rings (SSSR count). The molecule has 0 saturated heterocycles. The number of aromatic nitrogens is 3. The summed E-state index contributed by atoms with van der Waals surface area (Å²) < 4.78 is 2.37. The lowest BCUT2D eigenvalue weighted by Gasteiger charge is -2.25. The van der Waals surface area contributed by atoms with Crippen LogP contribution in [0.1, 0.15) is 6.92 Å². The molecule has 7 aromatic rings. The topological polar surface area (TPSA) is 34.0 Å². The zero-order chi connectivity index (χ0) is 25.5. The van der Waals surface area contributed by atoms with Gasteiger partial charge in [-0.1, -0.05) is 84.9 Å². The third-order valence-electron chi connectivity index (χ3n) is 7.27. The highest BCUT2D eigenvalue weighted by molar-refractivity contribution is 6.10. The molecule has 0 saturated carbocycles. The van der Waals surface area contributed by atoms with Crippen molar-refractivity contribution < 1.29 is 0 Å². The average Bonchev–Trinajstić information content (AvgIpc) is 3.31. The van der Waals surface area contributed by atoms with Crippen LogP contribution in [0.5, 0.6) is 0 Å². The zero-order valence-electron chi connectivity index (χ0n) is 21.1. The molecule has 0 aliphatic carbocycles. The van der Waals surface area contributed by atoms with Gasteiger partial charge in [0.05, 0.1) is 0 Å². The molecule has 0 radical (unpaired) electrons. The number of aryl methyl sites for hydroxylation is 1. The van der Waals surface area contributed by atoms with Gasteiger partial charge in [0.1, 0.15) is 5.69 Å². The Hall–Kier alpha value is -4.96. The molecular weight excluding hydrogens is 464 g/mol. The van der Waals surface area contributed by atoms with Crippen molar-refractivity contribution in [3.8, 4) is 11.3 Å². The van der Waals surface area contributed by atoms with Gasteiger partial charge in [0.2, 0.25) is 0 Å². The van der Waals surface area contributed by atoms with Crippen molar-refractivity contribution in [3.63, 3.8) is 0 Å². The van der Waals surface area contributed by atoms with Crippen molar-refractivity contribution in [1.82, 2.24) is 14.8 Å². The molecule has 0 bridgehead atoms. The predicted octanol–water partition coefficient (Wildman–Crippen LogP) is 8.89. The summed E-state index contributed by atoms with van der Waals surface area (Å²) in [5, 5.41) is 14.4. The maximum atomic E-state index is 4.87. The molecule has 0 amide bonds. The molecule has 38 heavy (non-hydrogen) atoms. The first-order valence-electron chi connectivity index (χ1n) is 13.0. The van der Waals surface area contributed by atoms with Gasteiger partial charge < -0.3 is 4.57 Å². The van der Waals surface area contributed by atoms with E-state index < -0.39 is 0 Å². The Morgan fingerprint density at radius 3 is 1.82 bits per heavy atom. The number of nitrogens with zero attached hydrogens (tertiary/aromatic N) is 4. The van der Waals surface area contributed by atoms with Gasteiger partial charge in [-0.05, 0) is 49.4 Å². The molecule has 0 N–H and O–H groups in total. The van der Waals surface area contributed by atoms with E-state index in [1.807, 2.05) is 12.1 Å². The van der Waals surface area contributed by atoms with E-state index in [2.05, 4.69) is 132 Å². The minimum absolute atomic E-state index is 0.811. The van der Waals surface area contributed by atoms with Gasteiger partial charge in [0, 0.05) is 56.1 Å². The second-order valence-electron chi connectivity index (χ2n) is 9.42. The van der Waals surface area contributed by atoms with E-state index >= 15 is 0 Å². The quantitative estimate of drug-likeness (QED) is 0.242. The van der Waals surface area contributed by atoms with E-state index in [1.165, 1.54) is 21.8 Å². The van der Waals surface area contributed by atoms with Crippen LogP contribution in [-0.2, 0) is 6.54 Å². The van der Waals surface area contributed by atoms with Gasteiger partial charge in [-0.25, -0.2) is 0 Å². The fourth-order valence-electron chi connectivity index (χ4n) is 5.56. The van der Waals surface area contributed by atoms with Gasteiger partial charge >= 0.3 is 0 Å². The molecule has 2 heterocycles. The first-order chi connectivity index (χ1) is 18.8. The van der Waals surface area contributed by atoms with Gasteiger partial charge in [-0.3, -0.25) is 4.90 Å². The highest BCUT2D eigenvalue weighted by Gasteiger charge is 2.20. The average molecular weight is 491 g/mol. The predicted molar refractivity (Wildman–Crippen MR) is 158 cm³/mol. The van der Waals surface area contributed by atoms with Crippen LogP contribution in [0.25, 0.3) is 43.8 Å². The summed E-state index contributed by atoms with van der Waals surface area (Å²) in [6, 6.07) is 44.4. The van der Waals surface area contributed by atoms with Crippen molar-refractivity contribution in [2.45, 2.75) is 13.5 Å². The summed E-state index contributed by atoms with van der Waals surface area (Å²) in [7, 11) is 0. The molecular formula is C34H26N4. The Kier molecular flexibility index (Phi) is 5.37. The molecule has 0 aliphatic heterocycles. The normalized spacial score (nSPS) is 11.4. The molecule has 0 aliphatic rings. The third kappa shape index (κ3) is 3.53. The first kappa shape index (κ1) is 22.3. The molecule has 182 valence electrons. The van der Waals surface area contributed by atoms with Crippen LogP contribution in [0.3, 0.4) is 0 Å². The van der Waals surface area contributed by atoms with Crippen molar-refractivity contribution >= 4 is 49.8 Å². The van der Waals surface area contributed by atoms with Gasteiger partial charge in [-0.2, -0.15) is 0 Å². The van der Waals surface area contributed by atoms with Crippen molar-refractivity contribution in [2.75, 3.05) is 4.90 Å². The van der Waals surface area contributed by atoms with Crippen molar-refractivity contribution in [2.24, 2.45) is 0 Å². The molecule has 0 fully saturated rings. The number of hydrogen-bond acceptors (Lipinski definition) is 3. The number of rotatable bonds is 5. The molecule has 0 spiro atoms. The largest absolute Gasteiger partial charge is 0.341 e. The van der Waals surface area contributed by atoms with Crippen LogP contribution >= 0.6 is 0 Å². The highest BCUT2D eigenvalue weighted by Crippen LogP contribution is 2.40. The lowest BCUT2D eigenvalue weighted by Crippen LogP contribution is -2.13. The Labute approximate surface area is 221 Å². The van der Waals surface area contributed by atoms with Crippen LogP contribution < -0.4 is 4.90 Å². The first-order valence-corrected chi connectivity index (χ1v) is 13.0. The van der Waals surface area contributed by atoms with E-state index in [9.17, 15) is 0 Å². The standard InChI is InChI=1S/C34H26N4/c1-2-37-31-20-12-11-17-27(31)30-23-24(21-22-32(30)37)33-28-18-9-10-19-29(28)34(36-35-33)38(25-13-5-3-6-14-25)26-15-7-4-8-16-26/h3-23H,2H2,1H3. The van der Waals surface area contributed by atoms with Crippen LogP contribution in [0.15, 0.2) is 127 Å². The fourth-order valence-corrected chi connectivity index (χ4v) is 5.56. The number of para-hydroxylation sites is 3. The molecule has 0 atom stereocenters. The van der Waals surface area contributed by atoms with E-state index in [0.29, 0.717) is 0 Å². The van der Waals surface area contributed by atoms with Crippen LogP contribution in [0, 0.1) is 0 Å². The van der Waals surface area contributed by atoms with Gasteiger partial charge in [0.25, 0.3) is 0 Å². The number of benzene rings is 5. The summed E-state index contributed by atoms with van der Waals surface area (Å²) in [6.07, 6.45) is 0. The fraction of sp³-hybridized carbons (Fsp3) is 0.0588. The summed E-state index contributed by atoms with van der Waals surface area (Å²) in [4.78, 5) is 2.18. The Morgan fingerprint density at radius 1 is 0.553 bits per heavy atom. The van der Waals surface area contributed by atoms with Gasteiger partial charge in [-0.15, -0.1) is 10.2 Å². The zero-order valence-corrected chi connectivity index (χ0v) is 21.1. The van der Waals surface area contributed by atoms with Crippen LogP contribution in [0.2, 0.25) is 0 Å². The number of fused-ring (bicyclic) bond motifs is 4. The molecule has 4 nitrogen and oxygen atoms in total. The summed E-state index contributed by atoms with van der Waals surface area (Å²) in [6.45, 7) is 3.12. The lowest BCUT2D eigenvalue weighted by atomic mass is 10.0. The van der Waals surface area contributed by atoms with Gasteiger partial charge in [0.15, 0.2) is 5.82 Å². The van der Waals surface area contributed by atoms with E-state index in [-0.39, 0.29) is 0 Å². The Morgan fingerprint density at radius 2 is 1.13 bits per heavy atom. The minimum Gasteiger partial charge on any atom is -0.341 e. The molecule has 0 unspecified atom stereocenters. The van der Waals surface area contributed by atoms with Crippen LogP contribution in [-0.4, -0.2) is 14.8 Å². The molecule has 2 aromatic heterocycles. The highest BCUT2D eigenvalue weighted by atomic mass is 15.3. The van der Waals surface area contributed by atoms with E-state index in [1.54, 1.807) is 0 Å². The third-order valence-corrected chi connectivity index (χ3v) is 7.27. The Bertz CT molecular complexity index is 1870. The molecule has 4 heteroatoms. The smallest absolute Gasteiger partial charge is 0.168 e. The van der Waals surface area contributed by atoms with Crippen molar-refractivity contribution in [1.29, 1.82) is 0 Å². The van der Waals surface area contributed by atoms with Crippen molar-refractivity contribution in [3.05, 3.63) is 127 Å². The lowest BCUT2D eigenvalue weighted by molar-refractivity contribution is 0.827. The van der Waals surface area contributed by atoms with Crippen LogP contribution in [0.4, 0.5) is 17.2 Å². The second-order valence-corrected chi connectivity index (χ2v) is 9.42. The Balaban J connectivity index is 1.45. The second kappa shape index (κ2) is 9.16. The monoisotopic (exact) mass is 490 g/mol. The summed E-state index contributed by atoms with van der Waals surface area (Å²) >= 11 is 0. The summed E-state index contributed by atoms with van der Waals surface area (Å²) in [5.74, 6) is 0.811. The number of hydrogen-bond donors (Lipinski definition) is 0. The summed E-state index contributed by atoms with van der Waals surface area (Å²) in [5.41, 5.74) is 6.54. The SMILES string of the molecule is CCn1c2ccccc2c2cc(-c3nnc(N(c4ccccc4)c4ccccc4)c4ccccc34)ccc21. The minimum atomic E-state index is 0.811. The van der Waals surface area contributed by atoms with E-state index in [0.717, 1.165) is 45.8 Å².